The molecule has 1 N–H and O–H groups in total. The van der Waals surface area contributed by atoms with Crippen molar-refractivity contribution in [2.45, 2.75) is 45.5 Å². The molecule has 2 aliphatic rings. The number of hydrogen-bond acceptors (Lipinski definition) is 4. The molecule has 2 aliphatic heterocycles. The van der Waals surface area contributed by atoms with Crippen LogP contribution in [0.3, 0.4) is 0 Å². The molecule has 116 valence electrons. The molecule has 2 heterocycles. The maximum atomic E-state index is 5.82. The van der Waals surface area contributed by atoms with Crippen molar-refractivity contribution < 1.29 is 9.47 Å². The molecule has 4 heteroatoms. The number of nitrogens with zero attached hydrogens (tertiary/aromatic N) is 1. The standard InChI is InChI=1S/C17H26N2O2/c1-12-9-18-16-8-15(4-5-17(16)21-12)6-7-19-10-13(2)20-14(3)11-19/h4-5,8,12-14,18H,6-7,9-11H2,1-3H3. The summed E-state index contributed by atoms with van der Waals surface area (Å²) in [5, 5.41) is 3.45. The molecule has 3 rings (SSSR count). The van der Waals surface area contributed by atoms with E-state index in [2.05, 4.69) is 49.2 Å². The lowest BCUT2D eigenvalue weighted by Gasteiger charge is -2.35. The third kappa shape index (κ3) is 3.69. The minimum atomic E-state index is 0.250. The summed E-state index contributed by atoms with van der Waals surface area (Å²) in [4.78, 5) is 2.50. The van der Waals surface area contributed by atoms with E-state index in [1.165, 1.54) is 5.56 Å². The zero-order chi connectivity index (χ0) is 14.8. The molecule has 4 nitrogen and oxygen atoms in total. The predicted molar refractivity (Wildman–Crippen MR) is 85.2 cm³/mol. The number of benzene rings is 1. The van der Waals surface area contributed by atoms with Gasteiger partial charge in [-0.2, -0.15) is 0 Å². The average molecular weight is 290 g/mol. The Balaban J connectivity index is 1.58. The Morgan fingerprint density at radius 2 is 1.90 bits per heavy atom. The molecule has 1 aromatic rings. The largest absolute Gasteiger partial charge is 0.487 e. The van der Waals surface area contributed by atoms with E-state index in [9.17, 15) is 0 Å². The van der Waals surface area contributed by atoms with Crippen molar-refractivity contribution in [3.8, 4) is 5.75 Å². The SMILES string of the molecule is CC1CNc2cc(CCN3CC(C)OC(C)C3)ccc2O1. The quantitative estimate of drug-likeness (QED) is 0.927. The lowest BCUT2D eigenvalue weighted by atomic mass is 10.1. The molecule has 1 aromatic carbocycles. The lowest BCUT2D eigenvalue weighted by Crippen LogP contribution is -2.46. The maximum Gasteiger partial charge on any atom is 0.142 e. The summed E-state index contributed by atoms with van der Waals surface area (Å²) in [5.41, 5.74) is 2.50. The van der Waals surface area contributed by atoms with Gasteiger partial charge in [0.1, 0.15) is 11.9 Å². The molecular weight excluding hydrogens is 264 g/mol. The summed E-state index contributed by atoms with van der Waals surface area (Å²) in [5.74, 6) is 0.978. The van der Waals surface area contributed by atoms with E-state index in [1.54, 1.807) is 0 Å². The van der Waals surface area contributed by atoms with E-state index in [4.69, 9.17) is 9.47 Å². The van der Waals surface area contributed by atoms with Crippen LogP contribution in [0.15, 0.2) is 18.2 Å². The number of fused-ring (bicyclic) bond motifs is 1. The molecule has 0 radical (unpaired) electrons. The van der Waals surface area contributed by atoms with Gasteiger partial charge < -0.3 is 14.8 Å². The van der Waals surface area contributed by atoms with Crippen LogP contribution < -0.4 is 10.1 Å². The first-order chi connectivity index (χ1) is 10.1. The third-order valence-corrected chi connectivity index (χ3v) is 4.16. The summed E-state index contributed by atoms with van der Waals surface area (Å²) < 4.78 is 11.6. The van der Waals surface area contributed by atoms with Gasteiger partial charge in [-0.3, -0.25) is 4.90 Å². The number of morpholine rings is 1. The van der Waals surface area contributed by atoms with Crippen molar-refractivity contribution in [2.75, 3.05) is 31.5 Å². The Hall–Kier alpha value is -1.26. The summed E-state index contributed by atoms with van der Waals surface area (Å²) in [7, 11) is 0. The number of anilines is 1. The smallest absolute Gasteiger partial charge is 0.142 e. The molecule has 0 amide bonds. The van der Waals surface area contributed by atoms with Gasteiger partial charge in [0.2, 0.25) is 0 Å². The highest BCUT2D eigenvalue weighted by Gasteiger charge is 2.22. The van der Waals surface area contributed by atoms with E-state index in [1.807, 2.05) is 0 Å². The van der Waals surface area contributed by atoms with Gasteiger partial charge in [-0.25, -0.2) is 0 Å². The zero-order valence-electron chi connectivity index (χ0n) is 13.3. The molecule has 0 bridgehead atoms. The van der Waals surface area contributed by atoms with Crippen LogP contribution in [0.5, 0.6) is 5.75 Å². The molecule has 3 atom stereocenters. The second-order valence-corrected chi connectivity index (χ2v) is 6.41. The highest BCUT2D eigenvalue weighted by atomic mass is 16.5. The van der Waals surface area contributed by atoms with E-state index < -0.39 is 0 Å². The van der Waals surface area contributed by atoms with Crippen LogP contribution in [0, 0.1) is 0 Å². The fourth-order valence-electron chi connectivity index (χ4n) is 3.24. The van der Waals surface area contributed by atoms with Gasteiger partial charge in [0, 0.05) is 19.6 Å². The maximum absolute atomic E-state index is 5.82. The summed E-state index contributed by atoms with van der Waals surface area (Å²) in [6.45, 7) is 10.4. The molecule has 0 spiro atoms. The van der Waals surface area contributed by atoms with Gasteiger partial charge in [0.25, 0.3) is 0 Å². The van der Waals surface area contributed by atoms with Crippen molar-refractivity contribution in [1.82, 2.24) is 4.90 Å². The molecule has 21 heavy (non-hydrogen) atoms. The minimum absolute atomic E-state index is 0.250. The molecule has 1 saturated heterocycles. The Kier molecular flexibility index (Phi) is 4.36. The fourth-order valence-corrected chi connectivity index (χ4v) is 3.24. The van der Waals surface area contributed by atoms with Crippen LogP contribution in [0.25, 0.3) is 0 Å². The van der Waals surface area contributed by atoms with Crippen molar-refractivity contribution >= 4 is 5.69 Å². The molecule has 0 aromatic heterocycles. The number of ether oxygens (including phenoxy) is 2. The van der Waals surface area contributed by atoms with Gasteiger partial charge in [-0.05, 0) is 44.9 Å². The van der Waals surface area contributed by atoms with Crippen LogP contribution >= 0.6 is 0 Å². The highest BCUT2D eigenvalue weighted by Crippen LogP contribution is 2.30. The van der Waals surface area contributed by atoms with Gasteiger partial charge in [-0.15, -0.1) is 0 Å². The minimum Gasteiger partial charge on any atom is -0.487 e. The first kappa shape index (κ1) is 14.7. The monoisotopic (exact) mass is 290 g/mol. The first-order valence-electron chi connectivity index (χ1n) is 8.01. The Labute approximate surface area is 127 Å². The molecular formula is C17H26N2O2. The molecule has 0 saturated carbocycles. The second kappa shape index (κ2) is 6.24. The van der Waals surface area contributed by atoms with Crippen molar-refractivity contribution in [3.63, 3.8) is 0 Å². The Morgan fingerprint density at radius 3 is 2.67 bits per heavy atom. The van der Waals surface area contributed by atoms with Gasteiger partial charge >= 0.3 is 0 Å². The van der Waals surface area contributed by atoms with Crippen molar-refractivity contribution in [2.24, 2.45) is 0 Å². The average Bonchev–Trinajstić information content (AvgIpc) is 2.44. The van der Waals surface area contributed by atoms with Crippen LogP contribution in [0.1, 0.15) is 26.3 Å². The van der Waals surface area contributed by atoms with Crippen LogP contribution in [-0.2, 0) is 11.2 Å². The van der Waals surface area contributed by atoms with E-state index >= 15 is 0 Å². The molecule has 0 aliphatic carbocycles. The fraction of sp³-hybridized carbons (Fsp3) is 0.647. The van der Waals surface area contributed by atoms with Crippen LogP contribution in [0.2, 0.25) is 0 Å². The normalized spacial score (nSPS) is 29.4. The van der Waals surface area contributed by atoms with Crippen molar-refractivity contribution in [1.29, 1.82) is 0 Å². The van der Waals surface area contributed by atoms with E-state index in [-0.39, 0.29) is 6.10 Å². The number of rotatable bonds is 3. The lowest BCUT2D eigenvalue weighted by molar-refractivity contribution is -0.0675. The van der Waals surface area contributed by atoms with Crippen LogP contribution in [-0.4, -0.2) is 49.4 Å². The van der Waals surface area contributed by atoms with Gasteiger partial charge in [-0.1, -0.05) is 6.07 Å². The van der Waals surface area contributed by atoms with Gasteiger partial charge in [0.15, 0.2) is 0 Å². The van der Waals surface area contributed by atoms with E-state index in [0.29, 0.717) is 12.2 Å². The van der Waals surface area contributed by atoms with Gasteiger partial charge in [0.05, 0.1) is 24.4 Å². The first-order valence-corrected chi connectivity index (χ1v) is 8.01. The molecule has 3 unspecified atom stereocenters. The van der Waals surface area contributed by atoms with Crippen molar-refractivity contribution in [3.05, 3.63) is 23.8 Å². The topological polar surface area (TPSA) is 33.7 Å². The highest BCUT2D eigenvalue weighted by molar-refractivity contribution is 5.59. The third-order valence-electron chi connectivity index (χ3n) is 4.16. The number of nitrogens with one attached hydrogen (secondary N) is 1. The Bertz CT molecular complexity index is 482. The summed E-state index contributed by atoms with van der Waals surface area (Å²) in [6, 6.07) is 6.51. The van der Waals surface area contributed by atoms with E-state index in [0.717, 1.165) is 44.0 Å². The Morgan fingerprint density at radius 1 is 1.14 bits per heavy atom. The number of hydrogen-bond donors (Lipinski definition) is 1. The molecule has 1 fully saturated rings. The van der Waals surface area contributed by atoms with Crippen LogP contribution in [0.4, 0.5) is 5.69 Å². The zero-order valence-corrected chi connectivity index (χ0v) is 13.3. The predicted octanol–water partition coefficient (Wildman–Crippen LogP) is 2.53. The summed E-state index contributed by atoms with van der Waals surface area (Å²) in [6.07, 6.45) is 2.01. The second-order valence-electron chi connectivity index (χ2n) is 6.41. The summed E-state index contributed by atoms with van der Waals surface area (Å²) >= 11 is 0.